The molecule has 1 aromatic rings. The molecule has 2 amide bonds. The Morgan fingerprint density at radius 1 is 0.962 bits per heavy atom. The Balaban J connectivity index is 2.08. The first kappa shape index (κ1) is 19.8. The summed E-state index contributed by atoms with van der Waals surface area (Å²) >= 11 is 0. The molecular formula is C16H18F4N2O4. The number of nitrogens with two attached hydrogens (primary N) is 1. The summed E-state index contributed by atoms with van der Waals surface area (Å²) < 4.78 is 57.8. The molecule has 1 aliphatic carbocycles. The van der Waals surface area contributed by atoms with Crippen LogP contribution >= 0.6 is 0 Å². The molecule has 26 heavy (non-hydrogen) atoms. The summed E-state index contributed by atoms with van der Waals surface area (Å²) in [5.74, 6) is -2.22. The number of hydrogen-bond donors (Lipinski definition) is 2. The molecule has 1 aliphatic rings. The van der Waals surface area contributed by atoms with E-state index < -0.39 is 30.6 Å². The quantitative estimate of drug-likeness (QED) is 0.714. The van der Waals surface area contributed by atoms with Gasteiger partial charge in [-0.15, -0.1) is 0 Å². The first-order valence-corrected chi connectivity index (χ1v) is 7.89. The maximum absolute atomic E-state index is 12.4. The lowest BCUT2D eigenvalue weighted by molar-refractivity contribution is -0.122. The Labute approximate surface area is 146 Å². The van der Waals surface area contributed by atoms with Crippen LogP contribution < -0.4 is 20.5 Å². The van der Waals surface area contributed by atoms with Crippen LogP contribution in [-0.2, 0) is 4.79 Å². The van der Waals surface area contributed by atoms with Gasteiger partial charge >= 0.3 is 13.2 Å². The third-order valence-corrected chi connectivity index (χ3v) is 4.06. The molecule has 1 fully saturated rings. The van der Waals surface area contributed by atoms with Gasteiger partial charge in [-0.1, -0.05) is 0 Å². The number of benzene rings is 1. The van der Waals surface area contributed by atoms with Crippen LogP contribution in [0.1, 0.15) is 36.0 Å². The minimum absolute atomic E-state index is 0.157. The SMILES string of the molecule is NC(=O)C1CCC(NC(=O)c2cc(OC(F)F)cc(OC(F)F)c2)CC1. The zero-order chi connectivity index (χ0) is 19.3. The van der Waals surface area contributed by atoms with Gasteiger partial charge in [0, 0.05) is 23.6 Å². The number of primary amides is 1. The van der Waals surface area contributed by atoms with Crippen LogP contribution in [0.5, 0.6) is 11.5 Å². The Bertz CT molecular complexity index is 621. The fourth-order valence-corrected chi connectivity index (χ4v) is 2.84. The van der Waals surface area contributed by atoms with Crippen molar-refractivity contribution in [2.75, 3.05) is 0 Å². The van der Waals surface area contributed by atoms with Crippen molar-refractivity contribution in [1.82, 2.24) is 5.32 Å². The van der Waals surface area contributed by atoms with E-state index >= 15 is 0 Å². The molecule has 0 bridgehead atoms. The van der Waals surface area contributed by atoms with Crippen molar-refractivity contribution in [2.24, 2.45) is 11.7 Å². The number of carbonyl (C=O) groups is 2. The zero-order valence-electron chi connectivity index (χ0n) is 13.6. The van der Waals surface area contributed by atoms with Gasteiger partial charge in [-0.2, -0.15) is 17.6 Å². The van der Waals surface area contributed by atoms with E-state index in [0.29, 0.717) is 25.7 Å². The van der Waals surface area contributed by atoms with Gasteiger partial charge in [0.25, 0.3) is 5.91 Å². The predicted molar refractivity (Wildman–Crippen MR) is 82.1 cm³/mol. The normalized spacial score (nSPS) is 20.1. The zero-order valence-corrected chi connectivity index (χ0v) is 13.6. The highest BCUT2D eigenvalue weighted by atomic mass is 19.3. The van der Waals surface area contributed by atoms with E-state index in [9.17, 15) is 27.2 Å². The van der Waals surface area contributed by atoms with E-state index in [4.69, 9.17) is 5.73 Å². The number of hydrogen-bond acceptors (Lipinski definition) is 4. The topological polar surface area (TPSA) is 90.7 Å². The average Bonchev–Trinajstić information content (AvgIpc) is 2.53. The van der Waals surface area contributed by atoms with E-state index in [0.717, 1.165) is 18.2 Å². The Morgan fingerprint density at radius 2 is 1.46 bits per heavy atom. The van der Waals surface area contributed by atoms with Crippen molar-refractivity contribution in [3.8, 4) is 11.5 Å². The fraction of sp³-hybridized carbons (Fsp3) is 0.500. The number of alkyl halides is 4. The largest absolute Gasteiger partial charge is 0.435 e. The molecule has 1 saturated carbocycles. The number of rotatable bonds is 7. The summed E-state index contributed by atoms with van der Waals surface area (Å²) in [4.78, 5) is 23.5. The van der Waals surface area contributed by atoms with Gasteiger partial charge in [0.05, 0.1) is 0 Å². The molecule has 0 saturated heterocycles. The summed E-state index contributed by atoms with van der Waals surface area (Å²) in [7, 11) is 0. The van der Waals surface area contributed by atoms with Gasteiger partial charge in [0.2, 0.25) is 5.91 Å². The van der Waals surface area contributed by atoms with Crippen molar-refractivity contribution in [2.45, 2.75) is 44.9 Å². The van der Waals surface area contributed by atoms with Crippen LogP contribution in [0.15, 0.2) is 18.2 Å². The van der Waals surface area contributed by atoms with E-state index in [2.05, 4.69) is 14.8 Å². The summed E-state index contributed by atoms with van der Waals surface area (Å²) in [5, 5.41) is 2.68. The van der Waals surface area contributed by atoms with Crippen molar-refractivity contribution in [3.05, 3.63) is 23.8 Å². The second-order valence-corrected chi connectivity index (χ2v) is 5.87. The molecule has 144 valence electrons. The van der Waals surface area contributed by atoms with E-state index in [-0.39, 0.29) is 23.4 Å². The Morgan fingerprint density at radius 3 is 1.88 bits per heavy atom. The molecule has 2 rings (SSSR count). The third kappa shape index (κ3) is 5.78. The lowest BCUT2D eigenvalue weighted by atomic mass is 9.85. The molecular weight excluding hydrogens is 360 g/mol. The fourth-order valence-electron chi connectivity index (χ4n) is 2.84. The van der Waals surface area contributed by atoms with Crippen molar-refractivity contribution in [1.29, 1.82) is 0 Å². The number of amides is 2. The Hall–Kier alpha value is -2.52. The highest BCUT2D eigenvalue weighted by Gasteiger charge is 2.26. The van der Waals surface area contributed by atoms with E-state index in [1.807, 2.05) is 0 Å². The van der Waals surface area contributed by atoms with Crippen LogP contribution in [0, 0.1) is 5.92 Å². The van der Waals surface area contributed by atoms with Crippen LogP contribution in [0.3, 0.4) is 0 Å². The van der Waals surface area contributed by atoms with Gasteiger partial charge in [-0.05, 0) is 37.8 Å². The van der Waals surface area contributed by atoms with E-state index in [1.54, 1.807) is 0 Å². The summed E-state index contributed by atoms with van der Waals surface area (Å²) in [6.07, 6.45) is 2.09. The Kier molecular flexibility index (Phi) is 6.64. The average molecular weight is 378 g/mol. The summed E-state index contributed by atoms with van der Waals surface area (Å²) in [5.41, 5.74) is 5.08. The predicted octanol–water partition coefficient (Wildman–Crippen LogP) is 2.66. The van der Waals surface area contributed by atoms with Gasteiger partial charge in [-0.3, -0.25) is 9.59 Å². The van der Waals surface area contributed by atoms with Crippen molar-refractivity contribution >= 4 is 11.8 Å². The second-order valence-electron chi connectivity index (χ2n) is 5.87. The maximum atomic E-state index is 12.4. The lowest BCUT2D eigenvalue weighted by Crippen LogP contribution is -2.39. The molecule has 6 nitrogen and oxygen atoms in total. The first-order chi connectivity index (χ1) is 12.2. The van der Waals surface area contributed by atoms with Crippen LogP contribution in [0.2, 0.25) is 0 Å². The van der Waals surface area contributed by atoms with Crippen LogP contribution in [0.4, 0.5) is 17.6 Å². The standard InChI is InChI=1S/C16H18F4N2O4/c17-15(18)25-11-5-9(6-12(7-11)26-16(19)20)14(24)22-10-3-1-8(2-4-10)13(21)23/h5-8,10,15-16H,1-4H2,(H2,21,23)(H,22,24). The highest BCUT2D eigenvalue weighted by molar-refractivity contribution is 5.95. The lowest BCUT2D eigenvalue weighted by Gasteiger charge is -2.27. The monoisotopic (exact) mass is 378 g/mol. The molecule has 0 aromatic heterocycles. The van der Waals surface area contributed by atoms with Crippen molar-refractivity contribution in [3.63, 3.8) is 0 Å². The number of halogens is 4. The molecule has 0 heterocycles. The van der Waals surface area contributed by atoms with Gasteiger partial charge in [0.1, 0.15) is 11.5 Å². The number of carbonyl (C=O) groups excluding carboxylic acids is 2. The van der Waals surface area contributed by atoms with Crippen LogP contribution in [0.25, 0.3) is 0 Å². The van der Waals surface area contributed by atoms with E-state index in [1.165, 1.54) is 0 Å². The van der Waals surface area contributed by atoms with Gasteiger partial charge in [0.15, 0.2) is 0 Å². The number of nitrogens with one attached hydrogen (secondary N) is 1. The first-order valence-electron chi connectivity index (χ1n) is 7.89. The maximum Gasteiger partial charge on any atom is 0.387 e. The smallest absolute Gasteiger partial charge is 0.387 e. The number of ether oxygens (including phenoxy) is 2. The molecule has 0 spiro atoms. The highest BCUT2D eigenvalue weighted by Crippen LogP contribution is 2.27. The molecule has 0 radical (unpaired) electrons. The molecule has 0 aliphatic heterocycles. The molecule has 10 heteroatoms. The molecule has 0 unspecified atom stereocenters. The molecule has 1 aromatic carbocycles. The van der Waals surface area contributed by atoms with Crippen molar-refractivity contribution < 1.29 is 36.6 Å². The van der Waals surface area contributed by atoms with Crippen LogP contribution in [-0.4, -0.2) is 31.1 Å². The van der Waals surface area contributed by atoms with Gasteiger partial charge in [-0.25, -0.2) is 0 Å². The second kappa shape index (κ2) is 8.72. The van der Waals surface area contributed by atoms with Gasteiger partial charge < -0.3 is 20.5 Å². The summed E-state index contributed by atoms with van der Waals surface area (Å²) in [6, 6.07) is 2.62. The minimum atomic E-state index is -3.18. The third-order valence-electron chi connectivity index (χ3n) is 4.06. The minimum Gasteiger partial charge on any atom is -0.435 e. The molecule has 3 N–H and O–H groups in total. The summed E-state index contributed by atoms with van der Waals surface area (Å²) in [6.45, 7) is -6.37. The molecule has 0 atom stereocenters.